The first-order valence-electron chi connectivity index (χ1n) is 10.5. The first-order valence-corrected chi connectivity index (χ1v) is 11.3. The number of aromatic amines is 1. The number of nitrogens with zero attached hydrogens (tertiary/aromatic N) is 4. The van der Waals surface area contributed by atoms with Crippen LogP contribution in [0.3, 0.4) is 0 Å². The Labute approximate surface area is 203 Å². The van der Waals surface area contributed by atoms with Gasteiger partial charge in [0.25, 0.3) is 5.56 Å². The molecule has 0 spiro atoms. The predicted octanol–water partition coefficient (Wildman–Crippen LogP) is 3.95. The molecule has 0 saturated heterocycles. The van der Waals surface area contributed by atoms with Crippen LogP contribution in [0.5, 0.6) is 11.5 Å². The van der Waals surface area contributed by atoms with E-state index in [0.29, 0.717) is 35.6 Å². The number of rotatable bonds is 4. The lowest BCUT2D eigenvalue weighted by molar-refractivity contribution is 0.0996. The molecule has 0 amide bonds. The molecule has 2 N–H and O–H groups in total. The van der Waals surface area contributed by atoms with Crippen LogP contribution in [0, 0.1) is 11.6 Å². The molecule has 2 aromatic carbocycles. The van der Waals surface area contributed by atoms with Gasteiger partial charge in [-0.05, 0) is 34.1 Å². The van der Waals surface area contributed by atoms with Gasteiger partial charge in [-0.1, -0.05) is 12.1 Å². The Balaban J connectivity index is 1.41. The summed E-state index contributed by atoms with van der Waals surface area (Å²) in [5, 5.41) is 10.4. The third-order valence-electron chi connectivity index (χ3n) is 5.61. The number of benzene rings is 2. The van der Waals surface area contributed by atoms with E-state index in [4.69, 9.17) is 9.47 Å². The van der Waals surface area contributed by atoms with Gasteiger partial charge in [0.15, 0.2) is 17.1 Å². The number of halogens is 3. The van der Waals surface area contributed by atoms with Crippen molar-refractivity contribution in [2.75, 3.05) is 18.5 Å². The summed E-state index contributed by atoms with van der Waals surface area (Å²) in [7, 11) is 0. The fraction of sp³-hybridized carbons (Fsp3) is 0.130. The van der Waals surface area contributed by atoms with Gasteiger partial charge in [-0.2, -0.15) is 10.1 Å². The van der Waals surface area contributed by atoms with Crippen LogP contribution in [0.1, 0.15) is 0 Å². The molecule has 0 aliphatic carbocycles. The van der Waals surface area contributed by atoms with E-state index in [0.717, 1.165) is 16.7 Å². The van der Waals surface area contributed by atoms with Crippen molar-refractivity contribution in [3.63, 3.8) is 0 Å². The fourth-order valence-corrected chi connectivity index (χ4v) is 4.27. The minimum atomic E-state index is -0.802. The number of H-pyrrole nitrogens is 1. The monoisotopic (exact) mass is 540 g/mol. The maximum Gasteiger partial charge on any atom is 0.267 e. The first kappa shape index (κ1) is 21.5. The molecule has 1 aliphatic rings. The Bertz CT molecular complexity index is 1670. The minimum Gasteiger partial charge on any atom is -0.486 e. The maximum atomic E-state index is 14.9. The summed E-state index contributed by atoms with van der Waals surface area (Å²) in [6.07, 6.45) is 2.49. The SMILES string of the molecule is O=c1c2cn[nH]c2c2cnc(NCC3COc4ccccc4O3)nc2n1-c1cc(F)c(Br)cc1F. The Morgan fingerprint density at radius 3 is 2.83 bits per heavy atom. The van der Waals surface area contributed by atoms with Crippen LogP contribution in [-0.2, 0) is 0 Å². The minimum absolute atomic E-state index is 0.0613. The van der Waals surface area contributed by atoms with E-state index in [-0.39, 0.29) is 33.2 Å². The number of aromatic nitrogens is 5. The third-order valence-corrected chi connectivity index (χ3v) is 6.22. The number of fused-ring (bicyclic) bond motifs is 4. The highest BCUT2D eigenvalue weighted by molar-refractivity contribution is 9.10. The Morgan fingerprint density at radius 2 is 1.97 bits per heavy atom. The lowest BCUT2D eigenvalue weighted by Gasteiger charge is -2.26. The summed E-state index contributed by atoms with van der Waals surface area (Å²) in [5.41, 5.74) is -0.413. The second-order valence-electron chi connectivity index (χ2n) is 7.83. The molecular weight excluding hydrogens is 526 g/mol. The zero-order chi connectivity index (χ0) is 24.1. The second-order valence-corrected chi connectivity index (χ2v) is 8.68. The molecule has 5 aromatic rings. The van der Waals surface area contributed by atoms with Crippen molar-refractivity contribution in [3.8, 4) is 17.2 Å². The van der Waals surface area contributed by atoms with E-state index >= 15 is 0 Å². The number of para-hydroxylation sites is 2. The van der Waals surface area contributed by atoms with E-state index in [1.165, 1.54) is 12.4 Å². The van der Waals surface area contributed by atoms with E-state index in [2.05, 4.69) is 41.4 Å². The summed E-state index contributed by atoms with van der Waals surface area (Å²) in [4.78, 5) is 22.1. The lowest BCUT2D eigenvalue weighted by Crippen LogP contribution is -2.35. The van der Waals surface area contributed by atoms with Crippen LogP contribution in [-0.4, -0.2) is 44.0 Å². The van der Waals surface area contributed by atoms with Gasteiger partial charge in [0, 0.05) is 12.3 Å². The molecule has 1 atom stereocenters. The van der Waals surface area contributed by atoms with Gasteiger partial charge in [-0.15, -0.1) is 0 Å². The van der Waals surface area contributed by atoms with Gasteiger partial charge in [0.05, 0.1) is 39.2 Å². The summed E-state index contributed by atoms with van der Waals surface area (Å²) in [6, 6.07) is 9.25. The van der Waals surface area contributed by atoms with Crippen LogP contribution in [0.4, 0.5) is 14.7 Å². The molecule has 0 fully saturated rings. The largest absolute Gasteiger partial charge is 0.486 e. The van der Waals surface area contributed by atoms with Gasteiger partial charge in [0.2, 0.25) is 5.95 Å². The number of pyridine rings is 1. The van der Waals surface area contributed by atoms with Crippen molar-refractivity contribution in [2.45, 2.75) is 6.10 Å². The van der Waals surface area contributed by atoms with Crippen molar-refractivity contribution in [3.05, 3.63) is 75.3 Å². The van der Waals surface area contributed by atoms with Gasteiger partial charge in [0.1, 0.15) is 24.3 Å². The topological polar surface area (TPSA) is 107 Å². The summed E-state index contributed by atoms with van der Waals surface area (Å²) >= 11 is 2.96. The number of nitrogens with one attached hydrogen (secondary N) is 2. The van der Waals surface area contributed by atoms with Gasteiger partial charge in [-0.25, -0.2) is 13.8 Å². The number of anilines is 1. The average molecular weight is 541 g/mol. The van der Waals surface area contributed by atoms with Crippen LogP contribution in [0.25, 0.3) is 27.6 Å². The van der Waals surface area contributed by atoms with Crippen molar-refractivity contribution >= 4 is 43.8 Å². The fourth-order valence-electron chi connectivity index (χ4n) is 3.95. The van der Waals surface area contributed by atoms with Crippen LogP contribution >= 0.6 is 15.9 Å². The molecule has 3 aromatic heterocycles. The molecule has 6 rings (SSSR count). The molecule has 35 heavy (non-hydrogen) atoms. The zero-order valence-electron chi connectivity index (χ0n) is 17.8. The van der Waals surface area contributed by atoms with Crippen LogP contribution in [0.2, 0.25) is 0 Å². The molecule has 0 saturated carbocycles. The quantitative estimate of drug-likeness (QED) is 0.332. The Morgan fingerprint density at radius 1 is 1.14 bits per heavy atom. The van der Waals surface area contributed by atoms with Crippen LogP contribution < -0.4 is 20.3 Å². The van der Waals surface area contributed by atoms with E-state index in [1.54, 1.807) is 0 Å². The predicted molar refractivity (Wildman–Crippen MR) is 127 cm³/mol. The van der Waals surface area contributed by atoms with Crippen molar-refractivity contribution in [1.82, 2.24) is 24.7 Å². The highest BCUT2D eigenvalue weighted by atomic mass is 79.9. The second kappa shape index (κ2) is 8.31. The van der Waals surface area contributed by atoms with E-state index in [1.807, 2.05) is 24.3 Å². The Hall–Kier alpha value is -4.06. The highest BCUT2D eigenvalue weighted by Crippen LogP contribution is 2.31. The summed E-state index contributed by atoms with van der Waals surface area (Å²) in [5.74, 6) is -0.0554. The molecule has 0 radical (unpaired) electrons. The van der Waals surface area contributed by atoms with Gasteiger partial charge in [-0.3, -0.25) is 14.5 Å². The number of ether oxygens (including phenoxy) is 2. The van der Waals surface area contributed by atoms with Crippen molar-refractivity contribution < 1.29 is 18.3 Å². The Kier molecular flexibility index (Phi) is 5.10. The smallest absolute Gasteiger partial charge is 0.267 e. The molecule has 4 heterocycles. The number of hydrogen-bond donors (Lipinski definition) is 2. The standard InChI is InChI=1S/C23H15BrF2N6O3/c24-14-5-16(26)17(6-15(14)25)32-21-12(20-13(22(32)33)9-29-31-20)8-28-23(30-21)27-7-11-10-34-18-3-1-2-4-19(18)35-11/h1-6,8-9,11H,7,10H2,(H,29,31)(H,27,28,30). The molecule has 12 heteroatoms. The molecule has 176 valence electrons. The first-order chi connectivity index (χ1) is 17.0. The molecular formula is C23H15BrF2N6O3. The number of hydrogen-bond acceptors (Lipinski definition) is 7. The third kappa shape index (κ3) is 3.66. The highest BCUT2D eigenvalue weighted by Gasteiger charge is 2.22. The maximum absolute atomic E-state index is 14.9. The molecule has 9 nitrogen and oxygen atoms in total. The van der Waals surface area contributed by atoms with Crippen molar-refractivity contribution in [2.24, 2.45) is 0 Å². The molecule has 1 aliphatic heterocycles. The molecule has 1 unspecified atom stereocenters. The lowest BCUT2D eigenvalue weighted by atomic mass is 10.2. The zero-order valence-corrected chi connectivity index (χ0v) is 19.3. The summed E-state index contributed by atoms with van der Waals surface area (Å²) in [6.45, 7) is 0.623. The van der Waals surface area contributed by atoms with Gasteiger partial charge >= 0.3 is 0 Å². The van der Waals surface area contributed by atoms with E-state index in [9.17, 15) is 13.6 Å². The molecule has 0 bridgehead atoms. The summed E-state index contributed by atoms with van der Waals surface area (Å²) < 4.78 is 41.8. The van der Waals surface area contributed by atoms with Crippen molar-refractivity contribution in [1.29, 1.82) is 0 Å². The van der Waals surface area contributed by atoms with Gasteiger partial charge < -0.3 is 14.8 Å². The van der Waals surface area contributed by atoms with Crippen LogP contribution in [0.15, 0.2) is 58.1 Å². The average Bonchev–Trinajstić information content (AvgIpc) is 3.36. The van der Waals surface area contributed by atoms with E-state index < -0.39 is 17.2 Å². The normalized spacial score (nSPS) is 15.0.